The lowest BCUT2D eigenvalue weighted by molar-refractivity contribution is 0.00129. The SMILES string of the molecule is CCCCCCCC(S)[Si](OC(C)C)(OC(C)C)OC(C)C. The smallest absolute Gasteiger partial charge is 0.370 e. The number of hydrogen-bond acceptors (Lipinski definition) is 4. The van der Waals surface area contributed by atoms with Crippen molar-refractivity contribution in [3.8, 4) is 0 Å². The molecule has 0 aromatic rings. The zero-order valence-electron chi connectivity index (χ0n) is 15.7. The molecule has 5 heteroatoms. The third-order valence-corrected chi connectivity index (χ3v) is 7.90. The van der Waals surface area contributed by atoms with E-state index in [9.17, 15) is 0 Å². The zero-order chi connectivity index (χ0) is 17.2. The molecule has 0 bridgehead atoms. The number of thiol groups is 1. The molecule has 0 saturated heterocycles. The molecular weight excluding hydrogens is 312 g/mol. The Morgan fingerprint density at radius 1 is 0.727 bits per heavy atom. The lowest BCUT2D eigenvalue weighted by atomic mass is 10.1. The third kappa shape index (κ3) is 9.56. The fraction of sp³-hybridized carbons (Fsp3) is 1.00. The molecule has 0 fully saturated rings. The molecule has 0 aliphatic rings. The van der Waals surface area contributed by atoms with Crippen LogP contribution in [0.1, 0.15) is 87.0 Å². The highest BCUT2D eigenvalue weighted by atomic mass is 32.1. The van der Waals surface area contributed by atoms with Crippen molar-refractivity contribution >= 4 is 21.4 Å². The van der Waals surface area contributed by atoms with E-state index in [0.717, 1.165) is 12.8 Å². The summed E-state index contributed by atoms with van der Waals surface area (Å²) in [4.78, 5) is 0.0429. The van der Waals surface area contributed by atoms with Crippen LogP contribution in [0.2, 0.25) is 0 Å². The minimum absolute atomic E-state index is 0.0429. The van der Waals surface area contributed by atoms with Crippen LogP contribution >= 0.6 is 12.6 Å². The molecule has 1 unspecified atom stereocenters. The maximum atomic E-state index is 6.22. The average Bonchev–Trinajstić information content (AvgIpc) is 2.35. The van der Waals surface area contributed by atoms with Crippen molar-refractivity contribution in [2.75, 3.05) is 0 Å². The van der Waals surface area contributed by atoms with E-state index in [4.69, 9.17) is 25.9 Å². The van der Waals surface area contributed by atoms with Gasteiger partial charge in [0.25, 0.3) is 0 Å². The minimum atomic E-state index is -2.79. The number of rotatable bonds is 13. The van der Waals surface area contributed by atoms with E-state index in [2.05, 4.69) is 6.92 Å². The molecule has 22 heavy (non-hydrogen) atoms. The molecule has 0 aliphatic carbocycles. The van der Waals surface area contributed by atoms with Gasteiger partial charge in [-0.15, -0.1) is 0 Å². The standard InChI is InChI=1S/C17H38O3SSi/c1-8-9-10-11-12-13-17(21)22(18-14(2)3,19-15(4)5)20-16(6)7/h14-17,21H,8-13H2,1-7H3. The topological polar surface area (TPSA) is 27.7 Å². The van der Waals surface area contributed by atoms with E-state index >= 15 is 0 Å². The first-order chi connectivity index (χ1) is 10.2. The highest BCUT2D eigenvalue weighted by Crippen LogP contribution is 2.28. The van der Waals surface area contributed by atoms with Crippen LogP contribution < -0.4 is 0 Å². The predicted octanol–water partition coefficient (Wildman–Crippen LogP) is 5.40. The molecule has 0 saturated carbocycles. The second-order valence-corrected chi connectivity index (χ2v) is 10.5. The Hall–Kier alpha value is 0.447. The van der Waals surface area contributed by atoms with Gasteiger partial charge in [-0.25, -0.2) is 0 Å². The van der Waals surface area contributed by atoms with E-state index in [0.29, 0.717) is 0 Å². The summed E-state index contributed by atoms with van der Waals surface area (Å²) in [5, 5.41) is 0. The Balaban J connectivity index is 4.82. The Morgan fingerprint density at radius 3 is 1.50 bits per heavy atom. The van der Waals surface area contributed by atoms with Crippen molar-refractivity contribution in [3.63, 3.8) is 0 Å². The van der Waals surface area contributed by atoms with Gasteiger partial charge in [0.2, 0.25) is 0 Å². The summed E-state index contributed by atoms with van der Waals surface area (Å²) in [7, 11) is -2.79. The lowest BCUT2D eigenvalue weighted by Crippen LogP contribution is -2.58. The summed E-state index contributed by atoms with van der Waals surface area (Å²) in [5.74, 6) is 0. The van der Waals surface area contributed by atoms with E-state index in [1.54, 1.807) is 0 Å². The summed E-state index contributed by atoms with van der Waals surface area (Å²) in [6, 6.07) is 0. The number of unbranched alkanes of at least 4 members (excludes halogenated alkanes) is 4. The van der Waals surface area contributed by atoms with Gasteiger partial charge in [0.1, 0.15) is 0 Å². The van der Waals surface area contributed by atoms with E-state index in [1.165, 1.54) is 25.7 Å². The quantitative estimate of drug-likeness (QED) is 0.274. The summed E-state index contributed by atoms with van der Waals surface area (Å²) in [6.45, 7) is 14.5. The molecule has 1 atom stereocenters. The summed E-state index contributed by atoms with van der Waals surface area (Å²) in [5.41, 5.74) is 0. The molecule has 0 aromatic carbocycles. The Bertz CT molecular complexity index is 246. The van der Waals surface area contributed by atoms with Crippen molar-refractivity contribution < 1.29 is 13.3 Å². The average molecular weight is 351 g/mol. The lowest BCUT2D eigenvalue weighted by Gasteiger charge is -2.38. The Labute approximate surface area is 145 Å². The first kappa shape index (κ1) is 22.4. The van der Waals surface area contributed by atoms with Crippen LogP contribution in [-0.2, 0) is 13.3 Å². The molecule has 0 rings (SSSR count). The summed E-state index contributed by atoms with van der Waals surface area (Å²) >= 11 is 4.85. The van der Waals surface area contributed by atoms with E-state index in [1.807, 2.05) is 41.5 Å². The molecule has 0 heterocycles. The number of hydrogen-bond donors (Lipinski definition) is 1. The first-order valence-electron chi connectivity index (χ1n) is 8.95. The second-order valence-electron chi connectivity index (χ2n) is 6.82. The largest absolute Gasteiger partial charge is 0.515 e. The van der Waals surface area contributed by atoms with Crippen LogP contribution in [0, 0.1) is 0 Å². The van der Waals surface area contributed by atoms with E-state index < -0.39 is 8.80 Å². The molecule has 0 amide bonds. The van der Waals surface area contributed by atoms with Crippen molar-refractivity contribution in [1.29, 1.82) is 0 Å². The minimum Gasteiger partial charge on any atom is -0.370 e. The molecule has 0 radical (unpaired) electrons. The van der Waals surface area contributed by atoms with Gasteiger partial charge in [-0.3, -0.25) is 0 Å². The highest BCUT2D eigenvalue weighted by molar-refractivity contribution is 7.83. The Morgan fingerprint density at radius 2 is 1.14 bits per heavy atom. The van der Waals surface area contributed by atoms with Crippen molar-refractivity contribution in [2.45, 2.75) is 110 Å². The molecule has 0 spiro atoms. The van der Waals surface area contributed by atoms with Crippen molar-refractivity contribution in [2.24, 2.45) is 0 Å². The summed E-state index contributed by atoms with van der Waals surface area (Å²) < 4.78 is 18.7. The van der Waals surface area contributed by atoms with Gasteiger partial charge >= 0.3 is 8.80 Å². The zero-order valence-corrected chi connectivity index (χ0v) is 17.6. The first-order valence-corrected chi connectivity index (χ1v) is 11.3. The van der Waals surface area contributed by atoms with E-state index in [-0.39, 0.29) is 23.2 Å². The van der Waals surface area contributed by atoms with Gasteiger partial charge in [-0.05, 0) is 48.0 Å². The van der Waals surface area contributed by atoms with Crippen LogP contribution in [0.5, 0.6) is 0 Å². The van der Waals surface area contributed by atoms with Gasteiger partial charge in [0.15, 0.2) is 0 Å². The fourth-order valence-corrected chi connectivity index (χ4v) is 6.32. The van der Waals surface area contributed by atoms with Gasteiger partial charge in [-0.1, -0.05) is 39.0 Å². The van der Waals surface area contributed by atoms with Crippen LogP contribution in [0.15, 0.2) is 0 Å². The normalized spacial score (nSPS) is 14.3. The monoisotopic (exact) mass is 350 g/mol. The molecular formula is C17H38O3SSi. The van der Waals surface area contributed by atoms with Crippen LogP contribution in [-0.4, -0.2) is 32.0 Å². The Kier molecular flexibility index (Phi) is 12.1. The van der Waals surface area contributed by atoms with Crippen LogP contribution in [0.4, 0.5) is 0 Å². The highest BCUT2D eigenvalue weighted by Gasteiger charge is 2.50. The molecule has 0 aliphatic heterocycles. The second kappa shape index (κ2) is 11.9. The van der Waals surface area contributed by atoms with Gasteiger partial charge in [0.05, 0.1) is 4.87 Å². The van der Waals surface area contributed by atoms with Gasteiger partial charge in [-0.2, -0.15) is 12.6 Å². The third-order valence-electron chi connectivity index (χ3n) is 3.19. The van der Waals surface area contributed by atoms with Crippen molar-refractivity contribution in [3.05, 3.63) is 0 Å². The van der Waals surface area contributed by atoms with Crippen LogP contribution in [0.3, 0.4) is 0 Å². The van der Waals surface area contributed by atoms with Gasteiger partial charge in [0, 0.05) is 18.3 Å². The van der Waals surface area contributed by atoms with Gasteiger partial charge < -0.3 is 13.3 Å². The predicted molar refractivity (Wildman–Crippen MR) is 101 cm³/mol. The molecule has 0 aromatic heterocycles. The maximum absolute atomic E-state index is 6.22. The summed E-state index contributed by atoms with van der Waals surface area (Å²) in [6.07, 6.45) is 7.53. The maximum Gasteiger partial charge on any atom is 0.515 e. The van der Waals surface area contributed by atoms with Crippen molar-refractivity contribution in [1.82, 2.24) is 0 Å². The molecule has 0 N–H and O–H groups in total. The van der Waals surface area contributed by atoms with Crippen LogP contribution in [0.25, 0.3) is 0 Å². The molecule has 134 valence electrons. The fourth-order valence-electron chi connectivity index (χ4n) is 2.42. The molecule has 3 nitrogen and oxygen atoms in total.